The fourth-order valence-electron chi connectivity index (χ4n) is 3.99. The number of benzene rings is 1. The number of fused-ring (bicyclic) bond motifs is 1. The summed E-state index contributed by atoms with van der Waals surface area (Å²) in [7, 11) is 0. The fraction of sp³-hybridized carbons (Fsp3) is 0.650. The third-order valence-electron chi connectivity index (χ3n) is 5.46. The van der Waals surface area contributed by atoms with Crippen LogP contribution >= 0.6 is 12.4 Å². The van der Waals surface area contributed by atoms with Crippen LogP contribution in [0.3, 0.4) is 0 Å². The zero-order valence-electron chi connectivity index (χ0n) is 15.1. The summed E-state index contributed by atoms with van der Waals surface area (Å²) in [5, 5.41) is 6.79. The normalized spacial score (nSPS) is 26.4. The lowest BCUT2D eigenvalue weighted by atomic mass is 9.84. The van der Waals surface area contributed by atoms with Gasteiger partial charge in [0, 0.05) is 12.0 Å². The number of hydrogen-bond donors (Lipinski definition) is 2. The Morgan fingerprint density at radius 1 is 1.29 bits per heavy atom. The smallest absolute Gasteiger partial charge is 0.223 e. The largest absolute Gasteiger partial charge is 0.349 e. The molecule has 1 amide bonds. The predicted octanol–water partition coefficient (Wildman–Crippen LogP) is 4.11. The molecule has 4 heteroatoms. The van der Waals surface area contributed by atoms with Crippen molar-refractivity contribution in [3.05, 3.63) is 34.9 Å². The first-order valence-electron chi connectivity index (χ1n) is 9.21. The average molecular weight is 351 g/mol. The average Bonchev–Trinajstić information content (AvgIpc) is 2.54. The third-order valence-corrected chi connectivity index (χ3v) is 5.46. The van der Waals surface area contributed by atoms with Gasteiger partial charge in [-0.05, 0) is 68.2 Å². The van der Waals surface area contributed by atoms with Crippen molar-refractivity contribution in [2.75, 3.05) is 6.54 Å². The predicted molar refractivity (Wildman–Crippen MR) is 102 cm³/mol. The van der Waals surface area contributed by atoms with Crippen LogP contribution in [-0.2, 0) is 11.2 Å². The summed E-state index contributed by atoms with van der Waals surface area (Å²) in [5.74, 6) is 0.958. The van der Waals surface area contributed by atoms with Gasteiger partial charge in [-0.15, -0.1) is 12.4 Å². The third kappa shape index (κ3) is 4.31. The Labute approximate surface area is 152 Å². The quantitative estimate of drug-likeness (QED) is 0.861. The molecule has 3 rings (SSSR count). The SMILES string of the molecule is CC(C)c1ccc2c(c1)[C@H](NC(=O)[C@H]1CCN[C@@H](C)C1)CCC2.Cl. The molecule has 24 heavy (non-hydrogen) atoms. The van der Waals surface area contributed by atoms with Crippen LogP contribution in [0.2, 0.25) is 0 Å². The highest BCUT2D eigenvalue weighted by Gasteiger charge is 2.28. The minimum Gasteiger partial charge on any atom is -0.349 e. The zero-order valence-corrected chi connectivity index (χ0v) is 15.9. The van der Waals surface area contributed by atoms with Crippen LogP contribution in [0.4, 0.5) is 0 Å². The molecule has 0 bridgehead atoms. The Hall–Kier alpha value is -1.06. The molecule has 3 atom stereocenters. The van der Waals surface area contributed by atoms with Crippen LogP contribution in [0.1, 0.15) is 75.1 Å². The number of nitrogens with one attached hydrogen (secondary N) is 2. The highest BCUT2D eigenvalue weighted by Crippen LogP contribution is 2.32. The van der Waals surface area contributed by atoms with Crippen molar-refractivity contribution < 1.29 is 4.79 Å². The molecule has 0 saturated carbocycles. The van der Waals surface area contributed by atoms with E-state index in [1.165, 1.54) is 23.1 Å². The molecule has 0 unspecified atom stereocenters. The molecule has 1 aliphatic heterocycles. The van der Waals surface area contributed by atoms with E-state index >= 15 is 0 Å². The van der Waals surface area contributed by atoms with Crippen molar-refractivity contribution in [2.24, 2.45) is 5.92 Å². The lowest BCUT2D eigenvalue weighted by Crippen LogP contribution is -2.43. The van der Waals surface area contributed by atoms with Crippen LogP contribution in [0, 0.1) is 5.92 Å². The van der Waals surface area contributed by atoms with Gasteiger partial charge in [0.05, 0.1) is 6.04 Å². The zero-order chi connectivity index (χ0) is 16.4. The van der Waals surface area contributed by atoms with Gasteiger partial charge in [0.1, 0.15) is 0 Å². The summed E-state index contributed by atoms with van der Waals surface area (Å²) in [6.07, 6.45) is 5.30. The maximum Gasteiger partial charge on any atom is 0.223 e. The molecule has 1 fully saturated rings. The summed E-state index contributed by atoms with van der Waals surface area (Å²) in [5.41, 5.74) is 4.16. The van der Waals surface area contributed by atoms with Gasteiger partial charge in [0.25, 0.3) is 0 Å². The van der Waals surface area contributed by atoms with Crippen LogP contribution in [0.15, 0.2) is 18.2 Å². The number of carbonyl (C=O) groups is 1. The first-order valence-corrected chi connectivity index (χ1v) is 9.21. The summed E-state index contributed by atoms with van der Waals surface area (Å²) in [6, 6.07) is 7.51. The molecule has 0 radical (unpaired) electrons. The van der Waals surface area contributed by atoms with E-state index in [-0.39, 0.29) is 30.3 Å². The molecule has 3 nitrogen and oxygen atoms in total. The van der Waals surface area contributed by atoms with E-state index in [0.717, 1.165) is 32.2 Å². The summed E-state index contributed by atoms with van der Waals surface area (Å²) in [4.78, 5) is 12.7. The number of aryl methyl sites for hydroxylation is 1. The maximum absolute atomic E-state index is 12.7. The van der Waals surface area contributed by atoms with E-state index in [1.807, 2.05) is 0 Å². The molecular formula is C20H31ClN2O. The van der Waals surface area contributed by atoms with Crippen LogP contribution in [0.5, 0.6) is 0 Å². The van der Waals surface area contributed by atoms with Gasteiger partial charge in [-0.25, -0.2) is 0 Å². The Kier molecular flexibility index (Phi) is 6.70. The lowest BCUT2D eigenvalue weighted by Gasteiger charge is -2.31. The Bertz CT molecular complexity index is 573. The van der Waals surface area contributed by atoms with E-state index in [1.54, 1.807) is 0 Å². The van der Waals surface area contributed by atoms with Crippen molar-refractivity contribution in [1.29, 1.82) is 0 Å². The number of hydrogen-bond acceptors (Lipinski definition) is 2. The number of rotatable bonds is 3. The fourth-order valence-corrected chi connectivity index (χ4v) is 3.99. The van der Waals surface area contributed by atoms with Gasteiger partial charge >= 0.3 is 0 Å². The molecule has 1 aliphatic carbocycles. The highest BCUT2D eigenvalue weighted by atomic mass is 35.5. The summed E-state index contributed by atoms with van der Waals surface area (Å²) >= 11 is 0. The Balaban J connectivity index is 0.00000208. The van der Waals surface area contributed by atoms with Crippen molar-refractivity contribution >= 4 is 18.3 Å². The summed E-state index contributed by atoms with van der Waals surface area (Å²) in [6.45, 7) is 7.59. The van der Waals surface area contributed by atoms with E-state index < -0.39 is 0 Å². The standard InChI is InChI=1S/C20H30N2O.ClH/c1-13(2)16-8-7-15-5-4-6-19(18(15)12-16)22-20(23)17-9-10-21-14(3)11-17;/h7-8,12-14,17,19,21H,4-6,9-11H2,1-3H3,(H,22,23);1H/t14-,17-,19+;/m0./s1. The minimum atomic E-state index is 0. The molecular weight excluding hydrogens is 320 g/mol. The first kappa shape index (κ1) is 19.3. The van der Waals surface area contributed by atoms with Gasteiger partial charge in [0.15, 0.2) is 0 Å². The van der Waals surface area contributed by atoms with Gasteiger partial charge in [0.2, 0.25) is 5.91 Å². The second-order valence-electron chi connectivity index (χ2n) is 7.64. The first-order chi connectivity index (χ1) is 11.0. The van der Waals surface area contributed by atoms with E-state index in [4.69, 9.17) is 0 Å². The number of halogens is 1. The van der Waals surface area contributed by atoms with E-state index in [2.05, 4.69) is 49.6 Å². The van der Waals surface area contributed by atoms with Gasteiger partial charge in [-0.1, -0.05) is 32.0 Å². The van der Waals surface area contributed by atoms with Crippen LogP contribution < -0.4 is 10.6 Å². The number of carbonyl (C=O) groups excluding carboxylic acids is 1. The van der Waals surface area contributed by atoms with E-state index in [9.17, 15) is 4.79 Å². The van der Waals surface area contributed by atoms with Crippen LogP contribution in [-0.4, -0.2) is 18.5 Å². The van der Waals surface area contributed by atoms with E-state index in [0.29, 0.717) is 12.0 Å². The molecule has 134 valence electrons. The molecule has 0 aromatic heterocycles. The molecule has 1 heterocycles. The Morgan fingerprint density at radius 2 is 2.08 bits per heavy atom. The lowest BCUT2D eigenvalue weighted by molar-refractivity contribution is -0.127. The Morgan fingerprint density at radius 3 is 2.79 bits per heavy atom. The minimum absolute atomic E-state index is 0. The highest BCUT2D eigenvalue weighted by molar-refractivity contribution is 5.85. The molecule has 1 saturated heterocycles. The molecule has 1 aromatic rings. The van der Waals surface area contributed by atoms with Crippen molar-refractivity contribution in [2.45, 2.75) is 70.9 Å². The summed E-state index contributed by atoms with van der Waals surface area (Å²) < 4.78 is 0. The molecule has 0 spiro atoms. The van der Waals surface area contributed by atoms with Crippen molar-refractivity contribution in [3.63, 3.8) is 0 Å². The second-order valence-corrected chi connectivity index (χ2v) is 7.64. The topological polar surface area (TPSA) is 41.1 Å². The second kappa shape index (κ2) is 8.35. The van der Waals surface area contributed by atoms with Crippen LogP contribution in [0.25, 0.3) is 0 Å². The molecule has 2 aliphatic rings. The van der Waals surface area contributed by atoms with Gasteiger partial charge < -0.3 is 10.6 Å². The van der Waals surface area contributed by atoms with Crippen molar-refractivity contribution in [3.8, 4) is 0 Å². The molecule has 2 N–H and O–H groups in total. The number of amides is 1. The monoisotopic (exact) mass is 350 g/mol. The maximum atomic E-state index is 12.7. The van der Waals surface area contributed by atoms with Crippen molar-refractivity contribution in [1.82, 2.24) is 10.6 Å². The number of piperidine rings is 1. The molecule has 1 aromatic carbocycles. The van der Waals surface area contributed by atoms with Gasteiger partial charge in [-0.2, -0.15) is 0 Å². The van der Waals surface area contributed by atoms with Gasteiger partial charge in [-0.3, -0.25) is 4.79 Å².